The molecule has 1 aromatic carbocycles. The molecule has 1 heterocycles. The van der Waals surface area contributed by atoms with Crippen molar-refractivity contribution in [3.63, 3.8) is 0 Å². The molecule has 6 heteroatoms. The van der Waals surface area contributed by atoms with Gasteiger partial charge in [-0.15, -0.1) is 0 Å². The smallest absolute Gasteiger partial charge is 0.238 e. The van der Waals surface area contributed by atoms with Crippen molar-refractivity contribution in [2.75, 3.05) is 11.6 Å². The van der Waals surface area contributed by atoms with Gasteiger partial charge in [0.2, 0.25) is 10.0 Å². The van der Waals surface area contributed by atoms with Crippen LogP contribution in [0.1, 0.15) is 6.42 Å². The summed E-state index contributed by atoms with van der Waals surface area (Å²) in [6.45, 7) is 0.828. The molecule has 0 saturated carbocycles. The first-order valence-electron chi connectivity index (χ1n) is 4.50. The van der Waals surface area contributed by atoms with Gasteiger partial charge in [-0.3, -0.25) is 5.01 Å². The molecule has 0 unspecified atom stereocenters. The van der Waals surface area contributed by atoms with Crippen molar-refractivity contribution in [1.82, 2.24) is 0 Å². The van der Waals surface area contributed by atoms with Crippen LogP contribution in [0.4, 0.5) is 5.69 Å². The monoisotopic (exact) mass is 225 g/mol. The van der Waals surface area contributed by atoms with E-state index in [1.807, 2.05) is 11.2 Å². The Balaban J connectivity index is 2.28. The second-order valence-electron chi connectivity index (χ2n) is 3.25. The van der Waals surface area contributed by atoms with Crippen LogP contribution in [0.15, 0.2) is 34.3 Å². The number of primary sulfonamides is 1. The van der Waals surface area contributed by atoms with Crippen molar-refractivity contribution in [1.29, 1.82) is 0 Å². The Bertz CT molecular complexity index is 479. The summed E-state index contributed by atoms with van der Waals surface area (Å²) in [6, 6.07) is 6.36. The molecule has 0 bridgehead atoms. The molecule has 1 aliphatic heterocycles. The Kier molecular flexibility index (Phi) is 2.45. The molecule has 0 atom stereocenters. The van der Waals surface area contributed by atoms with Crippen LogP contribution in [-0.2, 0) is 10.0 Å². The van der Waals surface area contributed by atoms with Crippen LogP contribution in [0, 0.1) is 0 Å². The molecule has 80 valence electrons. The van der Waals surface area contributed by atoms with Crippen LogP contribution < -0.4 is 10.1 Å². The van der Waals surface area contributed by atoms with E-state index in [1.165, 1.54) is 12.1 Å². The maximum Gasteiger partial charge on any atom is 0.238 e. The van der Waals surface area contributed by atoms with Gasteiger partial charge < -0.3 is 0 Å². The summed E-state index contributed by atoms with van der Waals surface area (Å²) in [4.78, 5) is 0.120. The third-order valence-corrected chi connectivity index (χ3v) is 3.08. The summed E-state index contributed by atoms with van der Waals surface area (Å²) in [7, 11) is -3.60. The van der Waals surface area contributed by atoms with E-state index in [1.54, 1.807) is 12.1 Å². The lowest BCUT2D eigenvalue weighted by Crippen LogP contribution is -2.14. The maximum atomic E-state index is 11.0. The normalized spacial score (nSPS) is 15.9. The lowest BCUT2D eigenvalue weighted by molar-refractivity contribution is 0.598. The standard InChI is InChI=1S/C9H11N3O2S/c10-15(13,14)9-4-2-8(3-5-9)12-7-1-6-11-12/h2-6H,1,7H2,(H2,10,13,14). The van der Waals surface area contributed by atoms with Crippen molar-refractivity contribution < 1.29 is 8.42 Å². The highest BCUT2D eigenvalue weighted by Crippen LogP contribution is 2.19. The second kappa shape index (κ2) is 3.63. The third-order valence-electron chi connectivity index (χ3n) is 2.15. The molecule has 1 aliphatic rings. The van der Waals surface area contributed by atoms with E-state index in [0.717, 1.165) is 18.7 Å². The molecule has 15 heavy (non-hydrogen) atoms. The number of hydrogen-bond donors (Lipinski definition) is 1. The van der Waals surface area contributed by atoms with Crippen LogP contribution in [0.5, 0.6) is 0 Å². The lowest BCUT2D eigenvalue weighted by atomic mass is 10.3. The fourth-order valence-corrected chi connectivity index (χ4v) is 1.91. The zero-order chi connectivity index (χ0) is 10.9. The molecule has 0 fully saturated rings. The third kappa shape index (κ3) is 2.16. The van der Waals surface area contributed by atoms with Gasteiger partial charge in [-0.25, -0.2) is 13.6 Å². The summed E-state index contributed by atoms with van der Waals surface area (Å²) < 4.78 is 22.0. The van der Waals surface area contributed by atoms with Crippen LogP contribution >= 0.6 is 0 Å². The largest absolute Gasteiger partial charge is 0.266 e. The van der Waals surface area contributed by atoms with Gasteiger partial charge in [0.05, 0.1) is 10.6 Å². The highest BCUT2D eigenvalue weighted by Gasteiger charge is 2.11. The second-order valence-corrected chi connectivity index (χ2v) is 4.81. The summed E-state index contributed by atoms with van der Waals surface area (Å²) >= 11 is 0. The fraction of sp³-hybridized carbons (Fsp3) is 0.222. The number of nitrogens with zero attached hydrogens (tertiary/aromatic N) is 2. The maximum absolute atomic E-state index is 11.0. The van der Waals surface area contributed by atoms with E-state index in [-0.39, 0.29) is 4.90 Å². The number of hydrazone groups is 1. The Morgan fingerprint density at radius 1 is 1.27 bits per heavy atom. The van der Waals surface area contributed by atoms with Crippen LogP contribution in [-0.4, -0.2) is 21.2 Å². The molecule has 0 radical (unpaired) electrons. The first-order chi connectivity index (χ1) is 7.07. The molecular weight excluding hydrogens is 214 g/mol. The number of nitrogens with two attached hydrogens (primary N) is 1. The van der Waals surface area contributed by atoms with Crippen molar-refractivity contribution in [2.45, 2.75) is 11.3 Å². The number of anilines is 1. The van der Waals surface area contributed by atoms with Crippen LogP contribution in [0.25, 0.3) is 0 Å². The van der Waals surface area contributed by atoms with Gasteiger partial charge >= 0.3 is 0 Å². The molecular formula is C9H11N3O2S. The van der Waals surface area contributed by atoms with E-state index in [4.69, 9.17) is 5.14 Å². The fourth-order valence-electron chi connectivity index (χ4n) is 1.40. The van der Waals surface area contributed by atoms with Crippen molar-refractivity contribution in [2.24, 2.45) is 10.2 Å². The van der Waals surface area contributed by atoms with Crippen molar-refractivity contribution >= 4 is 21.9 Å². The first kappa shape index (κ1) is 10.1. The number of hydrogen-bond acceptors (Lipinski definition) is 4. The highest BCUT2D eigenvalue weighted by molar-refractivity contribution is 7.89. The molecule has 0 spiro atoms. The predicted molar refractivity (Wildman–Crippen MR) is 58.3 cm³/mol. The van der Waals surface area contributed by atoms with E-state index in [0.29, 0.717) is 0 Å². The number of benzene rings is 1. The summed E-state index contributed by atoms with van der Waals surface area (Å²) in [5.74, 6) is 0. The van der Waals surface area contributed by atoms with Crippen LogP contribution in [0.2, 0.25) is 0 Å². The summed E-state index contributed by atoms with van der Waals surface area (Å²) in [5.41, 5.74) is 0.871. The quantitative estimate of drug-likeness (QED) is 0.797. The molecule has 2 N–H and O–H groups in total. The molecule has 0 aromatic heterocycles. The minimum absolute atomic E-state index is 0.120. The van der Waals surface area contributed by atoms with E-state index >= 15 is 0 Å². The molecule has 0 aliphatic carbocycles. The molecule has 0 saturated heterocycles. The van der Waals surface area contributed by atoms with Gasteiger partial charge in [0.15, 0.2) is 0 Å². The van der Waals surface area contributed by atoms with Gasteiger partial charge in [0.25, 0.3) is 0 Å². The van der Waals surface area contributed by atoms with Gasteiger partial charge in [0.1, 0.15) is 0 Å². The topological polar surface area (TPSA) is 75.8 Å². The zero-order valence-electron chi connectivity index (χ0n) is 8.00. The Morgan fingerprint density at radius 3 is 2.40 bits per heavy atom. The average molecular weight is 225 g/mol. The molecule has 0 amide bonds. The Morgan fingerprint density at radius 2 is 1.93 bits per heavy atom. The Labute approximate surface area is 88.2 Å². The van der Waals surface area contributed by atoms with Gasteiger partial charge in [0, 0.05) is 19.2 Å². The Hall–Kier alpha value is -1.40. The van der Waals surface area contributed by atoms with E-state index in [2.05, 4.69) is 5.10 Å². The van der Waals surface area contributed by atoms with Gasteiger partial charge in [-0.2, -0.15) is 5.10 Å². The predicted octanol–water partition coefficient (Wildman–Crippen LogP) is 0.530. The van der Waals surface area contributed by atoms with Gasteiger partial charge in [-0.1, -0.05) is 0 Å². The van der Waals surface area contributed by atoms with E-state index in [9.17, 15) is 8.42 Å². The molecule has 1 aromatic rings. The van der Waals surface area contributed by atoms with Crippen molar-refractivity contribution in [3.05, 3.63) is 24.3 Å². The summed E-state index contributed by atoms with van der Waals surface area (Å²) in [6.07, 6.45) is 2.74. The van der Waals surface area contributed by atoms with Crippen molar-refractivity contribution in [3.8, 4) is 0 Å². The highest BCUT2D eigenvalue weighted by atomic mass is 32.2. The zero-order valence-corrected chi connectivity index (χ0v) is 8.81. The molecule has 2 rings (SSSR count). The first-order valence-corrected chi connectivity index (χ1v) is 6.05. The minimum atomic E-state index is -3.60. The van der Waals surface area contributed by atoms with Crippen LogP contribution in [0.3, 0.4) is 0 Å². The van der Waals surface area contributed by atoms with E-state index < -0.39 is 10.0 Å². The SMILES string of the molecule is NS(=O)(=O)c1ccc(N2CCC=N2)cc1. The average Bonchev–Trinajstić information content (AvgIpc) is 2.69. The minimum Gasteiger partial charge on any atom is -0.266 e. The van der Waals surface area contributed by atoms with Gasteiger partial charge in [-0.05, 0) is 24.3 Å². The number of sulfonamides is 1. The molecule has 5 nitrogen and oxygen atoms in total. The lowest BCUT2D eigenvalue weighted by Gasteiger charge is -2.13. The number of rotatable bonds is 2. The summed E-state index contributed by atoms with van der Waals surface area (Å²) in [5, 5.41) is 10.9.